The molecule has 80 heavy (non-hydrogen) atoms. The Labute approximate surface area is 466 Å². The fourth-order valence-electron chi connectivity index (χ4n) is 9.65. The molecule has 2 amide bonds. The van der Waals surface area contributed by atoms with E-state index < -0.39 is 11.8 Å². The fraction of sp³-hybridized carbons (Fsp3) is 0.194. The quantitative estimate of drug-likeness (QED) is 0.0809. The van der Waals surface area contributed by atoms with Crippen LogP contribution in [0.5, 0.6) is 0 Å². The Morgan fingerprint density at radius 2 is 0.863 bits per heavy atom. The smallest absolute Gasteiger partial charge is 0.379 e. The van der Waals surface area contributed by atoms with Crippen molar-refractivity contribution >= 4 is 100 Å². The molecule has 0 bridgehead atoms. The number of para-hydroxylation sites is 6. The molecule has 6 aromatic heterocycles. The van der Waals surface area contributed by atoms with Crippen LogP contribution >= 0.6 is 0 Å². The number of carbonyl (C=O) groups is 4. The molecule has 13 heteroatoms. The van der Waals surface area contributed by atoms with Gasteiger partial charge >= 0.3 is 5.97 Å². The summed E-state index contributed by atoms with van der Waals surface area (Å²) in [6, 6.07) is 56.5. The maximum absolute atomic E-state index is 12.7. The second-order valence-corrected chi connectivity index (χ2v) is 19.4. The summed E-state index contributed by atoms with van der Waals surface area (Å²) in [6.07, 6.45) is 15.4. The molecule has 2 aliphatic heterocycles. The predicted octanol–water partition coefficient (Wildman–Crippen LogP) is 13.4. The Morgan fingerprint density at radius 1 is 0.475 bits per heavy atom. The van der Waals surface area contributed by atoms with Crippen molar-refractivity contribution in [1.29, 1.82) is 0 Å². The van der Waals surface area contributed by atoms with Gasteiger partial charge in [-0.05, 0) is 95.1 Å². The van der Waals surface area contributed by atoms with Gasteiger partial charge < -0.3 is 36.9 Å². The SMILES string of the molecule is C1CCOC1.CCC.COC(=O)C(=O)c1cn(C)c2ccccc12.Cn1cc(C2=C(n3ccc4ccccc43)C(=O)NC2=O)c2ccccc21.Cn1ccc2ccccc21.Cn1ccc2ccccc21.Cn1ccc2ccccc21. The molecule has 408 valence electrons. The van der Waals surface area contributed by atoms with Crippen molar-refractivity contribution in [2.75, 3.05) is 20.3 Å². The van der Waals surface area contributed by atoms with Gasteiger partial charge in [0, 0.05) is 130 Å². The number of hydrogen-bond donors (Lipinski definition) is 1. The zero-order valence-corrected chi connectivity index (χ0v) is 46.8. The van der Waals surface area contributed by atoms with E-state index in [9.17, 15) is 19.2 Å². The van der Waals surface area contributed by atoms with Gasteiger partial charge in [0.15, 0.2) is 0 Å². The van der Waals surface area contributed by atoms with Crippen LogP contribution in [0.15, 0.2) is 207 Å². The van der Waals surface area contributed by atoms with Crippen LogP contribution in [-0.4, -0.2) is 71.3 Å². The normalized spacial score (nSPS) is 12.5. The van der Waals surface area contributed by atoms with E-state index in [2.05, 4.69) is 168 Å². The lowest BCUT2D eigenvalue weighted by atomic mass is 10.0. The molecule has 0 aliphatic carbocycles. The Balaban J connectivity index is 0.000000134. The highest BCUT2D eigenvalue weighted by Crippen LogP contribution is 2.35. The standard InChI is InChI=1S/C21H15N3O2.C12H11NO3.3C9H9N.C4H8O.C3H8/c1-23-12-15(14-7-3-5-9-17(14)23)18-19(21(26)22-20(18)25)24-11-10-13-6-2-4-8-16(13)24;1-13-7-9(11(14)12(15)16-2)8-5-3-4-6-10(8)13;3*1-10-7-6-8-4-2-3-5-9(8)10;1-2-4-5-3-1;1-3-2/h2-12H,1H3,(H,22,25,26);3-7H,1-2H3;3*2-7H,1H3;1-4H2;3H2,1-2H3. The third-order valence-corrected chi connectivity index (χ3v) is 13.6. The van der Waals surface area contributed by atoms with Crippen molar-refractivity contribution < 1.29 is 28.7 Å². The lowest BCUT2D eigenvalue weighted by Crippen LogP contribution is -2.23. The van der Waals surface area contributed by atoms with Crippen LogP contribution < -0.4 is 5.32 Å². The van der Waals surface area contributed by atoms with Crippen molar-refractivity contribution in [3.05, 3.63) is 218 Å². The van der Waals surface area contributed by atoms with Gasteiger partial charge in [0.1, 0.15) is 5.70 Å². The number of fused-ring (bicyclic) bond motifs is 6. The number of ether oxygens (including phenoxy) is 2. The van der Waals surface area contributed by atoms with E-state index in [-0.39, 0.29) is 11.8 Å². The number of rotatable bonds is 4. The topological polar surface area (TPSA) is 128 Å². The second-order valence-electron chi connectivity index (χ2n) is 19.4. The van der Waals surface area contributed by atoms with E-state index in [0.717, 1.165) is 51.5 Å². The van der Waals surface area contributed by atoms with Crippen molar-refractivity contribution in [1.82, 2.24) is 32.7 Å². The van der Waals surface area contributed by atoms with E-state index in [4.69, 9.17) is 4.74 Å². The van der Waals surface area contributed by atoms with Crippen molar-refractivity contribution in [2.45, 2.75) is 33.1 Å². The van der Waals surface area contributed by atoms with Crippen LogP contribution in [0, 0.1) is 0 Å². The molecule has 8 heterocycles. The summed E-state index contributed by atoms with van der Waals surface area (Å²) in [5.74, 6) is -2.19. The zero-order valence-electron chi connectivity index (χ0n) is 46.8. The van der Waals surface area contributed by atoms with Gasteiger partial charge in [-0.25, -0.2) is 4.79 Å². The van der Waals surface area contributed by atoms with Gasteiger partial charge in [0.25, 0.3) is 17.6 Å². The van der Waals surface area contributed by atoms with Crippen molar-refractivity contribution in [3.8, 4) is 0 Å². The third kappa shape index (κ3) is 12.9. The fourth-order valence-corrected chi connectivity index (χ4v) is 9.65. The number of Topliss-reactive ketones (excluding diaryl/α,β-unsaturated/α-hetero) is 1. The van der Waals surface area contributed by atoms with Crippen molar-refractivity contribution in [3.63, 3.8) is 0 Å². The van der Waals surface area contributed by atoms with Crippen LogP contribution in [0.25, 0.3) is 76.7 Å². The Bertz CT molecular complexity index is 3940. The maximum Gasteiger partial charge on any atom is 0.379 e. The van der Waals surface area contributed by atoms with Gasteiger partial charge in [-0.2, -0.15) is 0 Å². The number of aromatic nitrogens is 6. The minimum atomic E-state index is -0.837. The highest BCUT2D eigenvalue weighted by atomic mass is 16.5. The molecular formula is C67H69N7O6. The summed E-state index contributed by atoms with van der Waals surface area (Å²) >= 11 is 0. The molecule has 1 saturated heterocycles. The molecule has 0 radical (unpaired) electrons. The third-order valence-electron chi connectivity index (χ3n) is 13.6. The summed E-state index contributed by atoms with van der Waals surface area (Å²) < 4.78 is 21.3. The number of nitrogens with one attached hydrogen (secondary N) is 1. The number of carbonyl (C=O) groups excluding carboxylic acids is 4. The highest BCUT2D eigenvalue weighted by Gasteiger charge is 2.34. The highest BCUT2D eigenvalue weighted by molar-refractivity contribution is 6.48. The minimum absolute atomic E-state index is 0.362. The predicted molar refractivity (Wildman–Crippen MR) is 325 cm³/mol. The van der Waals surface area contributed by atoms with Gasteiger partial charge in [0.2, 0.25) is 0 Å². The number of ketones is 1. The summed E-state index contributed by atoms with van der Waals surface area (Å²) in [7, 11) is 11.1. The van der Waals surface area contributed by atoms with Gasteiger partial charge in [-0.15, -0.1) is 0 Å². The number of imide groups is 1. The number of nitrogens with zero attached hydrogens (tertiary/aromatic N) is 6. The Kier molecular flexibility index (Phi) is 19.0. The van der Waals surface area contributed by atoms with Crippen LogP contribution in [0.3, 0.4) is 0 Å². The van der Waals surface area contributed by atoms with Crippen LogP contribution in [-0.2, 0) is 59.1 Å². The van der Waals surface area contributed by atoms with Gasteiger partial charge in [0.05, 0.1) is 23.8 Å². The van der Waals surface area contributed by atoms with E-state index in [1.165, 1.54) is 59.1 Å². The average Bonchev–Trinajstić information content (AvgIpc) is 4.45. The molecule has 0 atom stereocenters. The average molecular weight is 1070 g/mol. The lowest BCUT2D eigenvalue weighted by Gasteiger charge is -2.07. The zero-order chi connectivity index (χ0) is 56.7. The lowest BCUT2D eigenvalue weighted by molar-refractivity contribution is -0.135. The molecule has 13 nitrogen and oxygen atoms in total. The summed E-state index contributed by atoms with van der Waals surface area (Å²) in [5, 5.41) is 9.12. The molecule has 12 aromatic rings. The van der Waals surface area contributed by atoms with Crippen LogP contribution in [0.1, 0.15) is 49.0 Å². The number of methoxy groups -OCH3 is 1. The number of hydrogen-bond acceptors (Lipinski definition) is 6. The molecule has 1 fully saturated rings. The Hall–Kier alpha value is -9.46. The second kappa shape index (κ2) is 26.7. The maximum atomic E-state index is 12.7. The van der Waals surface area contributed by atoms with Gasteiger partial charge in [-0.1, -0.05) is 129 Å². The molecule has 0 unspecified atom stereocenters. The number of amides is 2. The number of esters is 1. The van der Waals surface area contributed by atoms with Crippen molar-refractivity contribution in [2.24, 2.45) is 35.2 Å². The van der Waals surface area contributed by atoms with E-state index in [0.29, 0.717) is 16.8 Å². The molecule has 0 spiro atoms. The largest absolute Gasteiger partial charge is 0.463 e. The minimum Gasteiger partial charge on any atom is -0.463 e. The van der Waals surface area contributed by atoms with Gasteiger partial charge in [-0.3, -0.25) is 19.7 Å². The van der Waals surface area contributed by atoms with E-state index in [1.807, 2.05) is 114 Å². The molecular weight excluding hydrogens is 999 g/mol. The number of aryl methyl sites for hydroxylation is 5. The summed E-state index contributed by atoms with van der Waals surface area (Å²) in [4.78, 5) is 48.2. The molecule has 1 N–H and O–H groups in total. The van der Waals surface area contributed by atoms with Crippen LogP contribution in [0.2, 0.25) is 0 Å². The first-order chi connectivity index (χ1) is 38.8. The molecule has 6 aromatic carbocycles. The molecule has 14 rings (SSSR count). The first kappa shape index (κ1) is 56.7. The summed E-state index contributed by atoms with van der Waals surface area (Å²) in [5.41, 5.74) is 8.62. The number of benzene rings is 6. The first-order valence-corrected chi connectivity index (χ1v) is 26.8. The first-order valence-electron chi connectivity index (χ1n) is 26.8. The van der Waals surface area contributed by atoms with E-state index >= 15 is 0 Å². The molecule has 2 aliphatic rings. The van der Waals surface area contributed by atoms with Crippen LogP contribution in [0.4, 0.5) is 0 Å². The monoisotopic (exact) mass is 1070 g/mol. The van der Waals surface area contributed by atoms with E-state index in [1.54, 1.807) is 10.8 Å². The Morgan fingerprint density at radius 3 is 1.31 bits per heavy atom. The summed E-state index contributed by atoms with van der Waals surface area (Å²) in [6.45, 7) is 6.25. The molecule has 0 saturated carbocycles.